The zero-order valence-electron chi connectivity index (χ0n) is 18.7. The van der Waals surface area contributed by atoms with Crippen molar-refractivity contribution in [2.24, 2.45) is 9.98 Å². The molecule has 160 valence electrons. The minimum Gasteiger partial charge on any atom is -0.255 e. The summed E-state index contributed by atoms with van der Waals surface area (Å²) in [5.74, 6) is 0. The van der Waals surface area contributed by atoms with Crippen LogP contribution >= 0.6 is 0 Å². The molecule has 2 rings (SSSR count). The van der Waals surface area contributed by atoms with Gasteiger partial charge in [-0.1, -0.05) is 51.2 Å². The van der Waals surface area contributed by atoms with Crippen LogP contribution in [0.2, 0.25) is 0 Å². The van der Waals surface area contributed by atoms with Gasteiger partial charge in [0.2, 0.25) is 0 Å². The molecule has 3 heteroatoms. The first-order valence-corrected chi connectivity index (χ1v) is 10.8. The third-order valence-electron chi connectivity index (χ3n) is 5.40. The van der Waals surface area contributed by atoms with Crippen LogP contribution in [0.5, 0.6) is 0 Å². The summed E-state index contributed by atoms with van der Waals surface area (Å²) < 4.78 is 0. The number of nitrogens with zero attached hydrogens (tertiary/aromatic N) is 2. The van der Waals surface area contributed by atoms with Crippen molar-refractivity contribution in [2.45, 2.75) is 79.6 Å². The molecule has 2 aromatic rings. The van der Waals surface area contributed by atoms with Gasteiger partial charge in [-0.05, 0) is 87.1 Å². The Hall–Kier alpha value is -1.73. The van der Waals surface area contributed by atoms with E-state index in [1.54, 1.807) is 0 Å². The van der Waals surface area contributed by atoms with E-state index in [4.69, 9.17) is 9.98 Å². The molecule has 0 aromatic heterocycles. The second-order valence-electron chi connectivity index (χ2n) is 7.92. The summed E-state index contributed by atoms with van der Waals surface area (Å²) in [7, 11) is 0. The first-order chi connectivity index (χ1) is 13.5. The Balaban J connectivity index is 0.00000420. The summed E-state index contributed by atoms with van der Waals surface area (Å²) in [6.07, 6.45) is 10.7. The average Bonchev–Trinajstić information content (AvgIpc) is 2.68. The molecule has 0 fully saturated rings. The molecule has 0 aliphatic carbocycles. The SMILES string of the molecule is CCCCCCCCC(C=Nc1ccc(C)c(C)c1)=Nc1ccc(C)c(C)c1.[Ni]. The predicted molar refractivity (Wildman–Crippen MR) is 125 cm³/mol. The maximum atomic E-state index is 4.92. The molecule has 0 N–H and O–H groups in total. The van der Waals surface area contributed by atoms with Crippen molar-refractivity contribution in [3.63, 3.8) is 0 Å². The van der Waals surface area contributed by atoms with E-state index < -0.39 is 0 Å². The van der Waals surface area contributed by atoms with Gasteiger partial charge in [-0.3, -0.25) is 9.98 Å². The van der Waals surface area contributed by atoms with E-state index in [9.17, 15) is 0 Å². The van der Waals surface area contributed by atoms with Gasteiger partial charge in [0.1, 0.15) is 0 Å². The van der Waals surface area contributed by atoms with E-state index in [-0.39, 0.29) is 16.5 Å². The summed E-state index contributed by atoms with van der Waals surface area (Å²) in [4.78, 5) is 9.63. The Morgan fingerprint density at radius 3 is 1.90 bits per heavy atom. The van der Waals surface area contributed by atoms with Crippen LogP contribution in [0.4, 0.5) is 11.4 Å². The van der Waals surface area contributed by atoms with Crippen molar-refractivity contribution in [1.82, 2.24) is 0 Å². The van der Waals surface area contributed by atoms with Gasteiger partial charge in [0.05, 0.1) is 17.1 Å². The fourth-order valence-electron chi connectivity index (χ4n) is 3.15. The van der Waals surface area contributed by atoms with Gasteiger partial charge >= 0.3 is 0 Å². The summed E-state index contributed by atoms with van der Waals surface area (Å²) in [6, 6.07) is 12.8. The second-order valence-corrected chi connectivity index (χ2v) is 7.92. The van der Waals surface area contributed by atoms with Gasteiger partial charge in [0.15, 0.2) is 0 Å². The van der Waals surface area contributed by atoms with E-state index in [1.165, 1.54) is 60.8 Å². The minimum atomic E-state index is 0. The summed E-state index contributed by atoms with van der Waals surface area (Å²) in [6.45, 7) is 10.8. The number of rotatable bonds is 10. The quantitative estimate of drug-likeness (QED) is 0.204. The van der Waals surface area contributed by atoms with Crippen molar-refractivity contribution >= 4 is 23.3 Å². The van der Waals surface area contributed by atoms with Crippen molar-refractivity contribution < 1.29 is 16.5 Å². The largest absolute Gasteiger partial charge is 0.255 e. The maximum absolute atomic E-state index is 4.92. The number of aryl methyl sites for hydroxylation is 4. The molecule has 0 amide bonds. The number of unbranched alkanes of at least 4 members (excludes halogenated alkanes) is 5. The van der Waals surface area contributed by atoms with Crippen molar-refractivity contribution in [2.75, 3.05) is 0 Å². The van der Waals surface area contributed by atoms with Gasteiger partial charge in [0, 0.05) is 22.7 Å². The van der Waals surface area contributed by atoms with Crippen molar-refractivity contribution in [3.05, 3.63) is 58.7 Å². The zero-order valence-corrected chi connectivity index (χ0v) is 19.7. The Labute approximate surface area is 187 Å². The molecule has 0 radical (unpaired) electrons. The monoisotopic (exact) mass is 434 g/mol. The minimum absolute atomic E-state index is 0. The maximum Gasteiger partial charge on any atom is 0.0636 e. The summed E-state index contributed by atoms with van der Waals surface area (Å²) in [5.41, 5.74) is 8.26. The van der Waals surface area contributed by atoms with E-state index in [1.807, 2.05) is 6.21 Å². The fourth-order valence-corrected chi connectivity index (χ4v) is 3.15. The topological polar surface area (TPSA) is 24.7 Å². The van der Waals surface area contributed by atoms with Crippen molar-refractivity contribution in [3.8, 4) is 0 Å². The number of hydrogen-bond acceptors (Lipinski definition) is 2. The number of hydrogen-bond donors (Lipinski definition) is 0. The standard InChI is InChI=1S/C26H36N2.Ni/c1-6-7-8-9-10-11-12-26(28-25-16-14-21(3)23(5)18-25)19-27-24-15-13-20(2)22(4)17-24;/h13-19H,6-12H2,1-5H3;. The van der Waals surface area contributed by atoms with Crippen LogP contribution in [0, 0.1) is 27.7 Å². The number of aliphatic imine (C=N–C) groups is 2. The molecule has 29 heavy (non-hydrogen) atoms. The molecule has 0 unspecified atom stereocenters. The Bertz CT molecular complexity index is 821. The Kier molecular flexibility index (Phi) is 11.8. The summed E-state index contributed by atoms with van der Waals surface area (Å²) >= 11 is 0. The van der Waals surface area contributed by atoms with Gasteiger partial charge in [-0.2, -0.15) is 0 Å². The van der Waals surface area contributed by atoms with E-state index >= 15 is 0 Å². The van der Waals surface area contributed by atoms with E-state index in [2.05, 4.69) is 71.0 Å². The van der Waals surface area contributed by atoms with Crippen LogP contribution in [-0.4, -0.2) is 11.9 Å². The third-order valence-corrected chi connectivity index (χ3v) is 5.40. The Morgan fingerprint density at radius 1 is 0.724 bits per heavy atom. The number of benzene rings is 2. The molecule has 0 aliphatic rings. The molecule has 0 saturated heterocycles. The van der Waals surface area contributed by atoms with Gasteiger partial charge in [-0.15, -0.1) is 0 Å². The first-order valence-electron chi connectivity index (χ1n) is 10.8. The van der Waals surface area contributed by atoms with Crippen LogP contribution in [0.15, 0.2) is 46.4 Å². The van der Waals surface area contributed by atoms with Gasteiger partial charge in [-0.25, -0.2) is 0 Å². The molecule has 2 aromatic carbocycles. The van der Waals surface area contributed by atoms with E-state index in [0.717, 1.165) is 23.5 Å². The second kappa shape index (κ2) is 13.5. The van der Waals surface area contributed by atoms with Crippen LogP contribution in [0.25, 0.3) is 0 Å². The molecule has 0 aliphatic heterocycles. The third kappa shape index (κ3) is 9.09. The zero-order chi connectivity index (χ0) is 20.4. The molecule has 0 saturated carbocycles. The molecule has 2 nitrogen and oxygen atoms in total. The first kappa shape index (κ1) is 25.3. The predicted octanol–water partition coefficient (Wildman–Crippen LogP) is 8.14. The fraction of sp³-hybridized carbons (Fsp3) is 0.462. The van der Waals surface area contributed by atoms with Gasteiger partial charge < -0.3 is 0 Å². The average molecular weight is 435 g/mol. The van der Waals surface area contributed by atoms with Crippen LogP contribution in [-0.2, 0) is 16.5 Å². The van der Waals surface area contributed by atoms with Crippen LogP contribution in [0.3, 0.4) is 0 Å². The van der Waals surface area contributed by atoms with Gasteiger partial charge in [0.25, 0.3) is 0 Å². The van der Waals surface area contributed by atoms with Crippen LogP contribution in [0.1, 0.15) is 74.1 Å². The van der Waals surface area contributed by atoms with Crippen molar-refractivity contribution in [1.29, 1.82) is 0 Å². The van der Waals surface area contributed by atoms with E-state index in [0.29, 0.717) is 0 Å². The molecule has 0 heterocycles. The molecule has 0 spiro atoms. The van der Waals surface area contributed by atoms with Crippen LogP contribution < -0.4 is 0 Å². The summed E-state index contributed by atoms with van der Waals surface area (Å²) in [5, 5.41) is 0. The molecular formula is C26H36N2Ni. The molecule has 0 bridgehead atoms. The molecule has 0 atom stereocenters. The Morgan fingerprint density at radius 2 is 1.28 bits per heavy atom. The smallest absolute Gasteiger partial charge is 0.0636 e. The molecular weight excluding hydrogens is 399 g/mol. The normalized spacial score (nSPS) is 11.7.